The normalized spacial score (nSPS) is 13.3. The lowest BCUT2D eigenvalue weighted by Gasteiger charge is -2.33. The summed E-state index contributed by atoms with van der Waals surface area (Å²) in [6.07, 6.45) is -0.0333. The van der Waals surface area contributed by atoms with Gasteiger partial charge in [-0.15, -0.1) is 0 Å². The van der Waals surface area contributed by atoms with Gasteiger partial charge < -0.3 is 43.7 Å². The maximum absolute atomic E-state index is 17.8. The van der Waals surface area contributed by atoms with Crippen molar-refractivity contribution in [3.8, 4) is 40.0 Å². The maximum Gasteiger partial charge on any atom is 0.418 e. The molecule has 1 unspecified atom stereocenters. The molecule has 0 radical (unpaired) electrons. The highest BCUT2D eigenvalue weighted by Crippen LogP contribution is 2.51. The molecular formula is C56H51Cl2F4N7O5. The Bertz CT molecular complexity index is 3120. The number of ether oxygens (including phenoxy) is 5. The molecule has 2 aliphatic rings. The minimum absolute atomic E-state index is 0.0630. The van der Waals surface area contributed by atoms with Gasteiger partial charge in [-0.25, -0.2) is 14.4 Å². The van der Waals surface area contributed by atoms with E-state index >= 15 is 17.6 Å². The van der Waals surface area contributed by atoms with Crippen molar-refractivity contribution >= 4 is 46.2 Å². The summed E-state index contributed by atoms with van der Waals surface area (Å²) in [7, 11) is 6.35. The molecule has 12 nitrogen and oxygen atoms in total. The summed E-state index contributed by atoms with van der Waals surface area (Å²) in [6, 6.07) is 33.0. The van der Waals surface area contributed by atoms with E-state index in [0.29, 0.717) is 24.6 Å². The fourth-order valence-corrected chi connectivity index (χ4v) is 9.56. The number of nitrogens with zero attached hydrogens (tertiary/aromatic N) is 6. The third-order valence-corrected chi connectivity index (χ3v) is 13.5. The van der Waals surface area contributed by atoms with Crippen LogP contribution in [0, 0.1) is 12.7 Å². The Kier molecular flexibility index (Phi) is 15.1. The van der Waals surface area contributed by atoms with Crippen molar-refractivity contribution in [1.29, 1.82) is 0 Å². The van der Waals surface area contributed by atoms with Crippen molar-refractivity contribution in [3.63, 3.8) is 0 Å². The van der Waals surface area contributed by atoms with E-state index in [1.165, 1.54) is 19.2 Å². The summed E-state index contributed by atoms with van der Waals surface area (Å²) in [6.45, 7) is 4.59. The number of aromatic nitrogens is 2. The van der Waals surface area contributed by atoms with E-state index in [2.05, 4.69) is 20.2 Å². The Morgan fingerprint density at radius 1 is 0.703 bits per heavy atom. The number of hydrogen-bond acceptors (Lipinski definition) is 12. The van der Waals surface area contributed by atoms with E-state index in [9.17, 15) is 0 Å². The number of benzene rings is 5. The van der Waals surface area contributed by atoms with Gasteiger partial charge >= 0.3 is 6.18 Å². The highest BCUT2D eigenvalue weighted by atomic mass is 35.5. The first kappa shape index (κ1) is 51.2. The van der Waals surface area contributed by atoms with E-state index in [4.69, 9.17) is 51.9 Å². The molecule has 1 N–H and O–H groups in total. The van der Waals surface area contributed by atoms with Crippen LogP contribution in [0.25, 0.3) is 11.3 Å². The summed E-state index contributed by atoms with van der Waals surface area (Å²) in [5.41, 5.74) is 2.62. The molecule has 0 bridgehead atoms. The number of methoxy groups -OCH3 is 4. The average molecular weight is 1050 g/mol. The molecule has 18 heteroatoms. The SMILES string of the molecule is COc1ccc(CN(Cc2ccc(OC)cc2)c2cncc(C(C)N3C=C(Cl)Oc4c(F)c(-c5nc(N(Cc6ccc(OC)cc6)Cc6ccc(OC)cc6)cc(C)c5C(F)(F)F)c(Cl)c5c4C3=NCN5)c2)cc1. The number of alkyl halides is 3. The monoisotopic (exact) mass is 1050 g/mol. The van der Waals surface area contributed by atoms with Crippen molar-refractivity contribution in [2.75, 3.05) is 50.2 Å². The number of halogens is 6. The summed E-state index contributed by atoms with van der Waals surface area (Å²) in [4.78, 5) is 19.8. The molecule has 0 spiro atoms. The van der Waals surface area contributed by atoms with Gasteiger partial charge in [-0.2, -0.15) is 13.2 Å². The zero-order chi connectivity index (χ0) is 52.3. The lowest BCUT2D eigenvalue weighted by Crippen LogP contribution is -2.33. The second-order valence-corrected chi connectivity index (χ2v) is 18.4. The number of nitrogens with one attached hydrogen (secondary N) is 1. The Hall–Kier alpha value is -7.69. The van der Waals surface area contributed by atoms with Gasteiger partial charge in [0, 0.05) is 32.4 Å². The van der Waals surface area contributed by atoms with Gasteiger partial charge in [0.2, 0.25) is 5.22 Å². The second-order valence-electron chi connectivity index (χ2n) is 17.6. The number of aliphatic imine (C=N–C) groups is 1. The molecule has 0 fully saturated rings. The van der Waals surface area contributed by atoms with Gasteiger partial charge in [-0.3, -0.25) is 4.98 Å². The molecule has 9 rings (SSSR count). The summed E-state index contributed by atoms with van der Waals surface area (Å²) < 4.78 is 91.7. The summed E-state index contributed by atoms with van der Waals surface area (Å²) in [5, 5.41) is 2.45. The van der Waals surface area contributed by atoms with Crippen LogP contribution in [0.5, 0.6) is 28.7 Å². The lowest BCUT2D eigenvalue weighted by atomic mass is 9.95. The Morgan fingerprint density at radius 2 is 1.19 bits per heavy atom. The molecule has 0 saturated heterocycles. The molecule has 0 saturated carbocycles. The molecule has 74 heavy (non-hydrogen) atoms. The zero-order valence-electron chi connectivity index (χ0n) is 41.2. The Labute approximate surface area is 436 Å². The van der Waals surface area contributed by atoms with Crippen molar-refractivity contribution in [1.82, 2.24) is 14.9 Å². The van der Waals surface area contributed by atoms with E-state index in [1.807, 2.05) is 85.8 Å². The maximum atomic E-state index is 17.8. The van der Waals surface area contributed by atoms with Crippen LogP contribution in [-0.4, -0.2) is 55.8 Å². The number of aryl methyl sites for hydroxylation is 1. The lowest BCUT2D eigenvalue weighted by molar-refractivity contribution is -0.137. The molecule has 382 valence electrons. The number of amidine groups is 1. The number of hydrogen-bond donors (Lipinski definition) is 1. The molecular weight excluding hydrogens is 998 g/mol. The predicted molar refractivity (Wildman–Crippen MR) is 280 cm³/mol. The van der Waals surface area contributed by atoms with Crippen LogP contribution >= 0.6 is 23.2 Å². The van der Waals surface area contributed by atoms with Gasteiger partial charge in [0.1, 0.15) is 41.3 Å². The smallest absolute Gasteiger partial charge is 0.418 e. The molecule has 0 amide bonds. The molecule has 1 atom stereocenters. The third-order valence-electron chi connectivity index (χ3n) is 12.9. The van der Waals surface area contributed by atoms with Crippen molar-refractivity contribution in [2.24, 2.45) is 4.99 Å². The molecule has 2 aromatic heterocycles. The van der Waals surface area contributed by atoms with E-state index in [1.54, 1.807) is 74.9 Å². The van der Waals surface area contributed by atoms with E-state index in [-0.39, 0.29) is 58.5 Å². The number of pyridine rings is 2. The van der Waals surface area contributed by atoms with Crippen LogP contribution in [0.2, 0.25) is 5.02 Å². The minimum Gasteiger partial charge on any atom is -0.497 e. The predicted octanol–water partition coefficient (Wildman–Crippen LogP) is 13.3. The van der Waals surface area contributed by atoms with Gasteiger partial charge in [-0.05, 0) is 119 Å². The van der Waals surface area contributed by atoms with Gasteiger partial charge in [0.05, 0.1) is 85.7 Å². The summed E-state index contributed by atoms with van der Waals surface area (Å²) in [5.74, 6) is 1.38. The highest BCUT2D eigenvalue weighted by molar-refractivity contribution is 6.37. The fraction of sp³-hybridized carbons (Fsp3) is 0.232. The van der Waals surface area contributed by atoms with Crippen molar-refractivity contribution in [2.45, 2.75) is 52.2 Å². The second kappa shape index (κ2) is 21.8. The quantitative estimate of drug-likeness (QED) is 0.0881. The Morgan fingerprint density at radius 3 is 1.66 bits per heavy atom. The largest absolute Gasteiger partial charge is 0.497 e. The van der Waals surface area contributed by atoms with Gasteiger partial charge in [0.25, 0.3) is 0 Å². The molecule has 5 aromatic carbocycles. The standard InChI is InChI=1S/C56H51Cl2F4N7O5/c1-33-23-46(68(29-37-11-19-43(72-5)20-12-37)30-38-13-21-44(73-6)22-14-38)66-52(49(33)56(60,61)62)47-50(58)53-48-54(51(47)59)74-45(57)31-69(55(48)65-32-64-53)34(2)39-24-40(26-63-25-39)67(27-35-7-15-41(70-3)16-8-35)28-36-9-17-42(71-4)18-10-36/h7-26,31,34,64H,27-30,32H2,1-6H3. The molecule has 0 aliphatic carbocycles. The van der Waals surface area contributed by atoms with Crippen LogP contribution in [0.3, 0.4) is 0 Å². The number of anilines is 3. The summed E-state index contributed by atoms with van der Waals surface area (Å²) >= 11 is 14.0. The molecule has 2 aliphatic heterocycles. The van der Waals surface area contributed by atoms with Crippen LogP contribution in [-0.2, 0) is 32.4 Å². The van der Waals surface area contributed by atoms with Gasteiger partial charge in [-0.1, -0.05) is 60.1 Å². The van der Waals surface area contributed by atoms with Crippen molar-refractivity contribution in [3.05, 3.63) is 188 Å². The molecule has 4 heterocycles. The van der Waals surface area contributed by atoms with Crippen LogP contribution in [0.1, 0.15) is 57.5 Å². The Balaban J connectivity index is 1.11. The zero-order valence-corrected chi connectivity index (χ0v) is 42.7. The van der Waals surface area contributed by atoms with E-state index < -0.39 is 40.6 Å². The highest BCUT2D eigenvalue weighted by Gasteiger charge is 2.42. The minimum atomic E-state index is -4.99. The topological polar surface area (TPSA) is 106 Å². The average Bonchev–Trinajstić information content (AvgIpc) is 3.56. The van der Waals surface area contributed by atoms with Crippen LogP contribution in [0.15, 0.2) is 138 Å². The van der Waals surface area contributed by atoms with E-state index in [0.717, 1.165) is 45.0 Å². The third kappa shape index (κ3) is 10.8. The first-order chi connectivity index (χ1) is 35.7. The number of rotatable bonds is 17. The fourth-order valence-electron chi connectivity index (χ4n) is 9.05. The van der Waals surface area contributed by atoms with Crippen LogP contribution < -0.4 is 38.8 Å². The van der Waals surface area contributed by atoms with Crippen molar-refractivity contribution < 1.29 is 41.2 Å². The van der Waals surface area contributed by atoms with Crippen LogP contribution in [0.4, 0.5) is 34.8 Å². The molecule has 7 aromatic rings. The van der Waals surface area contributed by atoms with Gasteiger partial charge in [0.15, 0.2) is 11.6 Å². The first-order valence-electron chi connectivity index (χ1n) is 23.4. The first-order valence-corrected chi connectivity index (χ1v) is 24.1.